The van der Waals surface area contributed by atoms with Crippen LogP contribution in [-0.4, -0.2) is 83.2 Å². The van der Waals surface area contributed by atoms with Crippen LogP contribution in [-0.2, 0) is 19.1 Å². The van der Waals surface area contributed by atoms with Crippen molar-refractivity contribution in [1.82, 2.24) is 15.5 Å². The number of nitrogens with one attached hydrogen (secondary N) is 2. The van der Waals surface area contributed by atoms with Gasteiger partial charge in [-0.15, -0.1) is 0 Å². The Hall–Kier alpha value is -3.04. The van der Waals surface area contributed by atoms with Crippen LogP contribution in [0.25, 0.3) is 0 Å². The lowest BCUT2D eigenvalue weighted by Crippen LogP contribution is -2.68. The van der Waals surface area contributed by atoms with Crippen LogP contribution in [0.2, 0.25) is 0 Å². The fraction of sp³-hybridized carbons (Fsp3) is 0.600. The van der Waals surface area contributed by atoms with Crippen molar-refractivity contribution in [2.45, 2.75) is 30.9 Å². The lowest BCUT2D eigenvalue weighted by molar-refractivity contribution is -0.192. The molecule has 0 saturated carbocycles. The number of halogens is 6. The van der Waals surface area contributed by atoms with Gasteiger partial charge in [0.2, 0.25) is 5.91 Å². The summed E-state index contributed by atoms with van der Waals surface area (Å²) in [5, 5.41) is 21.0. The van der Waals surface area contributed by atoms with Crippen LogP contribution in [0, 0.1) is 5.92 Å². The first-order chi connectivity index (χ1) is 14.1. The second-order valence-electron chi connectivity index (χ2n) is 6.65. The molecule has 3 aliphatic rings. The monoisotopic (exact) mass is 463 g/mol. The molecule has 10 nitrogen and oxygen atoms in total. The number of hydrogen-bond donors (Lipinski definition) is 4. The number of carbonyl (C=O) groups excluding carboxylic acids is 2. The number of aliphatic carboxylic acids is 2. The Morgan fingerprint density at radius 1 is 1.16 bits per heavy atom. The molecule has 0 aromatic rings. The van der Waals surface area contributed by atoms with Crippen LogP contribution < -0.4 is 10.6 Å². The summed E-state index contributed by atoms with van der Waals surface area (Å²) in [4.78, 5) is 44.8. The lowest BCUT2D eigenvalue weighted by Gasteiger charge is -2.48. The molecule has 16 heteroatoms. The lowest BCUT2D eigenvalue weighted by atomic mass is 9.79. The molecule has 3 heterocycles. The standard InChI is InChI=1S/C13H14F3N3O5.C2HF3O2/c14-13(15,16)4-18-12(23)24-3-6-1-5-2-17-7-8(5)19(10(7)20)9(6)11(21)22;3-2(4,5)1(6)7/h5,7-8,17H,1-4H2,(H,18,23)(H,21,22);(H,6,7)/t5-,7+,8-;/m1./s1. The van der Waals surface area contributed by atoms with Gasteiger partial charge in [0.1, 0.15) is 24.9 Å². The summed E-state index contributed by atoms with van der Waals surface area (Å²) in [5.74, 6) is -4.46. The van der Waals surface area contributed by atoms with E-state index in [4.69, 9.17) is 9.90 Å². The highest BCUT2D eigenvalue weighted by Crippen LogP contribution is 2.43. The SMILES string of the molecule is O=C(NCC(F)(F)F)OCC1=C(C(=O)O)N2C(=O)[C@H]3NC[C@@H](C1)[C@H]32.O=C(O)C(F)(F)F. The fourth-order valence-corrected chi connectivity index (χ4v) is 3.39. The molecule has 0 radical (unpaired) electrons. The van der Waals surface area contributed by atoms with E-state index in [1.54, 1.807) is 0 Å². The van der Waals surface area contributed by atoms with Crippen molar-refractivity contribution >= 4 is 23.9 Å². The third-order valence-electron chi connectivity index (χ3n) is 4.57. The van der Waals surface area contributed by atoms with E-state index in [0.717, 1.165) is 0 Å². The predicted molar refractivity (Wildman–Crippen MR) is 84.3 cm³/mol. The smallest absolute Gasteiger partial charge is 0.477 e. The Morgan fingerprint density at radius 3 is 2.23 bits per heavy atom. The molecular formula is C15H15F6N3O7. The zero-order chi connectivity index (χ0) is 23.7. The zero-order valence-electron chi connectivity index (χ0n) is 15.2. The Bertz CT molecular complexity index is 810. The first kappa shape index (κ1) is 24.2. The van der Waals surface area contributed by atoms with Crippen molar-refractivity contribution in [3.63, 3.8) is 0 Å². The summed E-state index contributed by atoms with van der Waals surface area (Å²) in [7, 11) is 0. The predicted octanol–water partition coefficient (Wildman–Crippen LogP) is 0.449. The molecule has 0 aromatic carbocycles. The summed E-state index contributed by atoms with van der Waals surface area (Å²) in [5.41, 5.74) is -0.0359. The van der Waals surface area contributed by atoms with Gasteiger partial charge in [-0.05, 0) is 17.9 Å². The quantitative estimate of drug-likeness (QED) is 0.348. The molecule has 31 heavy (non-hydrogen) atoms. The van der Waals surface area contributed by atoms with Crippen molar-refractivity contribution < 1.29 is 60.5 Å². The van der Waals surface area contributed by atoms with E-state index in [9.17, 15) is 45.8 Å². The van der Waals surface area contributed by atoms with Crippen LogP contribution in [0.3, 0.4) is 0 Å². The van der Waals surface area contributed by atoms with Gasteiger partial charge in [-0.25, -0.2) is 14.4 Å². The molecule has 0 aromatic heterocycles. The van der Waals surface area contributed by atoms with Gasteiger partial charge in [-0.1, -0.05) is 0 Å². The van der Waals surface area contributed by atoms with Crippen LogP contribution >= 0.6 is 0 Å². The molecule has 3 atom stereocenters. The number of hydrogen-bond acceptors (Lipinski definition) is 6. The first-order valence-corrected chi connectivity index (χ1v) is 8.42. The minimum absolute atomic E-state index is 0.00682. The summed E-state index contributed by atoms with van der Waals surface area (Å²) in [6.07, 6.45) is -10.7. The highest BCUT2D eigenvalue weighted by molar-refractivity contribution is 6.00. The Balaban J connectivity index is 0.000000423. The summed E-state index contributed by atoms with van der Waals surface area (Å²) in [6, 6.07) is -0.617. The van der Waals surface area contributed by atoms with Crippen LogP contribution in [0.5, 0.6) is 0 Å². The normalized spacial score (nSPS) is 24.5. The van der Waals surface area contributed by atoms with Crippen LogP contribution in [0.1, 0.15) is 6.42 Å². The molecular weight excluding hydrogens is 448 g/mol. The Kier molecular flexibility index (Phi) is 6.72. The minimum atomic E-state index is -5.08. The molecule has 3 aliphatic heterocycles. The van der Waals surface area contributed by atoms with E-state index in [2.05, 4.69) is 10.1 Å². The highest BCUT2D eigenvalue weighted by Gasteiger charge is 2.59. The Labute approximate surface area is 168 Å². The number of rotatable bonds is 4. The van der Waals surface area contributed by atoms with E-state index >= 15 is 0 Å². The molecule has 0 aliphatic carbocycles. The van der Waals surface area contributed by atoms with Crippen molar-refractivity contribution in [3.8, 4) is 0 Å². The number of β-lactam (4-membered cyclic amide) rings is 1. The van der Waals surface area contributed by atoms with E-state index in [1.165, 1.54) is 10.2 Å². The minimum Gasteiger partial charge on any atom is -0.477 e. The molecule has 2 saturated heterocycles. The molecule has 0 spiro atoms. The van der Waals surface area contributed by atoms with Crippen LogP contribution in [0.15, 0.2) is 11.3 Å². The third kappa shape index (κ3) is 5.56. The van der Waals surface area contributed by atoms with Gasteiger partial charge in [0, 0.05) is 6.54 Å². The van der Waals surface area contributed by atoms with E-state index in [-0.39, 0.29) is 35.2 Å². The molecule has 2 fully saturated rings. The largest absolute Gasteiger partial charge is 0.490 e. The van der Waals surface area contributed by atoms with E-state index in [1.807, 2.05) is 0 Å². The molecule has 0 bridgehead atoms. The topological polar surface area (TPSA) is 145 Å². The second-order valence-corrected chi connectivity index (χ2v) is 6.65. The van der Waals surface area contributed by atoms with Gasteiger partial charge in [0.05, 0.1) is 6.04 Å². The average molecular weight is 463 g/mol. The van der Waals surface area contributed by atoms with E-state index < -0.39 is 43.5 Å². The zero-order valence-corrected chi connectivity index (χ0v) is 15.2. The maximum atomic E-state index is 12.0. The number of ether oxygens (including phenoxy) is 1. The molecule has 2 amide bonds. The molecule has 174 valence electrons. The Morgan fingerprint density at radius 2 is 1.74 bits per heavy atom. The summed E-state index contributed by atoms with van der Waals surface area (Å²) in [6.45, 7) is -1.51. The van der Waals surface area contributed by atoms with Gasteiger partial charge in [0.15, 0.2) is 0 Å². The van der Waals surface area contributed by atoms with Crippen LogP contribution in [0.4, 0.5) is 31.1 Å². The fourth-order valence-electron chi connectivity index (χ4n) is 3.39. The number of amides is 2. The molecule has 3 rings (SSSR count). The maximum Gasteiger partial charge on any atom is 0.490 e. The third-order valence-corrected chi connectivity index (χ3v) is 4.57. The van der Waals surface area contributed by atoms with Gasteiger partial charge in [-0.2, -0.15) is 26.3 Å². The number of nitrogens with zero attached hydrogens (tertiary/aromatic N) is 1. The second kappa shape index (κ2) is 8.60. The molecule has 4 N–H and O–H groups in total. The van der Waals surface area contributed by atoms with Crippen molar-refractivity contribution in [2.24, 2.45) is 5.92 Å². The maximum absolute atomic E-state index is 12.0. The summed E-state index contributed by atoms with van der Waals surface area (Å²) >= 11 is 0. The number of carboxylic acid groups (broad SMARTS) is 2. The van der Waals surface area contributed by atoms with Gasteiger partial charge >= 0.3 is 30.4 Å². The van der Waals surface area contributed by atoms with Crippen molar-refractivity contribution in [1.29, 1.82) is 0 Å². The van der Waals surface area contributed by atoms with Gasteiger partial charge in [0.25, 0.3) is 0 Å². The molecule has 0 unspecified atom stereocenters. The number of carbonyl (C=O) groups is 4. The first-order valence-electron chi connectivity index (χ1n) is 8.42. The van der Waals surface area contributed by atoms with Gasteiger partial charge < -0.3 is 25.6 Å². The van der Waals surface area contributed by atoms with Gasteiger partial charge in [-0.3, -0.25) is 9.69 Å². The highest BCUT2D eigenvalue weighted by atomic mass is 19.4. The van der Waals surface area contributed by atoms with Crippen molar-refractivity contribution in [3.05, 3.63) is 11.3 Å². The number of alkyl carbamates (subject to hydrolysis) is 1. The number of alkyl halides is 6. The van der Waals surface area contributed by atoms with Crippen molar-refractivity contribution in [2.75, 3.05) is 19.7 Å². The van der Waals surface area contributed by atoms with E-state index in [0.29, 0.717) is 13.0 Å². The summed E-state index contributed by atoms with van der Waals surface area (Å²) < 4.78 is 72.5. The number of carboxylic acids is 2. The average Bonchev–Trinajstić information content (AvgIpc) is 3.03.